The summed E-state index contributed by atoms with van der Waals surface area (Å²) in [6, 6.07) is 11.4. The number of anilines is 2. The van der Waals surface area contributed by atoms with Gasteiger partial charge in [0, 0.05) is 18.2 Å². The molecule has 0 radical (unpaired) electrons. The maximum atomic E-state index is 13.1. The topological polar surface area (TPSA) is 107 Å². The Hall–Kier alpha value is -3.65. The smallest absolute Gasteiger partial charge is 0.323 e. The predicted octanol–water partition coefficient (Wildman–Crippen LogP) is 3.11. The Morgan fingerprint density at radius 2 is 1.89 bits per heavy atom. The number of esters is 1. The molecule has 0 unspecified atom stereocenters. The molecule has 1 aromatic heterocycles. The first-order valence-electron chi connectivity index (χ1n) is 8.49. The van der Waals surface area contributed by atoms with Crippen molar-refractivity contribution < 1.29 is 23.5 Å². The molecule has 0 saturated heterocycles. The van der Waals surface area contributed by atoms with Crippen molar-refractivity contribution in [3.63, 3.8) is 0 Å². The molecule has 2 heterocycles. The van der Waals surface area contributed by atoms with Crippen molar-refractivity contribution in [1.82, 2.24) is 0 Å². The van der Waals surface area contributed by atoms with E-state index in [-0.39, 0.29) is 35.6 Å². The molecule has 2 N–H and O–H groups in total. The number of carbonyl (C=O) groups excluding carboxylic acids is 2. The highest BCUT2D eigenvalue weighted by Gasteiger charge is 2.25. The van der Waals surface area contributed by atoms with Crippen LogP contribution in [0.15, 0.2) is 51.7 Å². The molecule has 2 aromatic carbocycles. The summed E-state index contributed by atoms with van der Waals surface area (Å²) in [6.45, 7) is -0.159. The average molecular weight is 380 g/mol. The van der Waals surface area contributed by atoms with Crippen molar-refractivity contribution in [2.24, 2.45) is 0 Å². The van der Waals surface area contributed by atoms with Gasteiger partial charge in [0.2, 0.25) is 5.43 Å². The van der Waals surface area contributed by atoms with Crippen LogP contribution in [-0.2, 0) is 20.7 Å². The molecular formula is C20H16N2O6. The third-order valence-corrected chi connectivity index (χ3v) is 4.33. The van der Waals surface area contributed by atoms with Crippen LogP contribution in [0.1, 0.15) is 5.56 Å². The fourth-order valence-corrected chi connectivity index (χ4v) is 3.11. The molecule has 0 spiro atoms. The van der Waals surface area contributed by atoms with E-state index in [1.54, 1.807) is 42.5 Å². The van der Waals surface area contributed by atoms with Crippen molar-refractivity contribution in [3.05, 3.63) is 58.3 Å². The van der Waals surface area contributed by atoms with Gasteiger partial charge < -0.3 is 24.5 Å². The van der Waals surface area contributed by atoms with Gasteiger partial charge in [-0.3, -0.25) is 9.59 Å². The molecule has 28 heavy (non-hydrogen) atoms. The van der Waals surface area contributed by atoms with Gasteiger partial charge in [-0.15, -0.1) is 0 Å². The highest BCUT2D eigenvalue weighted by molar-refractivity contribution is 6.08. The molecule has 0 aliphatic carbocycles. The number of nitrogens with one attached hydrogen (secondary N) is 2. The van der Waals surface area contributed by atoms with E-state index < -0.39 is 17.4 Å². The lowest BCUT2D eigenvalue weighted by Gasteiger charge is -2.11. The number of rotatable bonds is 4. The SMILES string of the molecule is COCOC(=O)Cc1cccc2c(=O)c3c(oc12)-c1ccccc1NC(=O)N3. The number of methoxy groups -OCH3 is 1. The summed E-state index contributed by atoms with van der Waals surface area (Å²) >= 11 is 0. The van der Waals surface area contributed by atoms with Crippen LogP contribution < -0.4 is 16.1 Å². The maximum absolute atomic E-state index is 13.1. The minimum atomic E-state index is -0.530. The number of amides is 2. The van der Waals surface area contributed by atoms with Crippen molar-refractivity contribution in [2.45, 2.75) is 6.42 Å². The average Bonchev–Trinajstić information content (AvgIpc) is 2.83. The molecule has 2 amide bonds. The Kier molecular flexibility index (Phi) is 4.54. The fraction of sp³-hybridized carbons (Fsp3) is 0.150. The van der Waals surface area contributed by atoms with Crippen LogP contribution in [0.5, 0.6) is 0 Å². The minimum Gasteiger partial charge on any atom is -0.453 e. The van der Waals surface area contributed by atoms with Gasteiger partial charge in [-0.05, 0) is 18.2 Å². The molecule has 3 aromatic rings. The van der Waals surface area contributed by atoms with Gasteiger partial charge in [0.1, 0.15) is 11.3 Å². The maximum Gasteiger partial charge on any atom is 0.323 e. The summed E-state index contributed by atoms with van der Waals surface area (Å²) in [4.78, 5) is 37.2. The number of carbonyl (C=O) groups is 2. The van der Waals surface area contributed by atoms with Crippen LogP contribution in [0.4, 0.5) is 16.2 Å². The second-order valence-corrected chi connectivity index (χ2v) is 6.15. The Balaban J connectivity index is 1.92. The van der Waals surface area contributed by atoms with Crippen LogP contribution >= 0.6 is 0 Å². The van der Waals surface area contributed by atoms with Crippen LogP contribution in [0, 0.1) is 0 Å². The molecule has 1 aliphatic rings. The highest BCUT2D eigenvalue weighted by Crippen LogP contribution is 2.37. The monoisotopic (exact) mass is 380 g/mol. The Morgan fingerprint density at radius 1 is 1.07 bits per heavy atom. The summed E-state index contributed by atoms with van der Waals surface area (Å²) < 4.78 is 15.7. The third-order valence-electron chi connectivity index (χ3n) is 4.33. The molecule has 0 bridgehead atoms. The zero-order valence-electron chi connectivity index (χ0n) is 14.9. The van der Waals surface area contributed by atoms with E-state index in [1.165, 1.54) is 7.11 Å². The number of ether oxygens (including phenoxy) is 2. The third kappa shape index (κ3) is 3.10. The predicted molar refractivity (Wildman–Crippen MR) is 102 cm³/mol. The van der Waals surface area contributed by atoms with E-state index in [9.17, 15) is 14.4 Å². The Morgan fingerprint density at radius 3 is 2.71 bits per heavy atom. The first-order chi connectivity index (χ1) is 13.6. The summed E-state index contributed by atoms with van der Waals surface area (Å²) in [5.74, 6) is -0.286. The number of fused-ring (bicyclic) bond motifs is 4. The standard InChI is InChI=1S/C20H16N2O6/c1-26-10-27-15(23)9-11-5-4-7-13-17(24)16-19(28-18(11)13)12-6-2-3-8-14(12)21-20(25)22-16/h2-8H,9-10H2,1H3,(H2,21,22,25). The number of benzene rings is 2. The van der Waals surface area contributed by atoms with Crippen molar-refractivity contribution in [3.8, 4) is 11.3 Å². The first kappa shape index (κ1) is 17.7. The molecule has 8 heteroatoms. The normalized spacial score (nSPS) is 12.4. The first-order valence-corrected chi connectivity index (χ1v) is 8.49. The van der Waals surface area contributed by atoms with Crippen molar-refractivity contribution in [1.29, 1.82) is 0 Å². The second kappa shape index (κ2) is 7.16. The van der Waals surface area contributed by atoms with Gasteiger partial charge in [0.15, 0.2) is 12.6 Å². The number of urea groups is 1. The fourth-order valence-electron chi connectivity index (χ4n) is 3.11. The zero-order valence-corrected chi connectivity index (χ0v) is 14.9. The minimum absolute atomic E-state index is 0.0501. The molecule has 0 saturated carbocycles. The largest absolute Gasteiger partial charge is 0.453 e. The van der Waals surface area contributed by atoms with Crippen LogP contribution in [0.25, 0.3) is 22.3 Å². The van der Waals surface area contributed by atoms with E-state index in [1.807, 2.05) is 0 Å². The van der Waals surface area contributed by atoms with Crippen molar-refractivity contribution >= 4 is 34.3 Å². The second-order valence-electron chi connectivity index (χ2n) is 6.15. The van der Waals surface area contributed by atoms with Crippen LogP contribution in [-0.4, -0.2) is 25.9 Å². The molecule has 8 nitrogen and oxygen atoms in total. The highest BCUT2D eigenvalue weighted by atomic mass is 16.7. The summed E-state index contributed by atoms with van der Waals surface area (Å²) in [5, 5.41) is 5.50. The Labute approximate surface area is 159 Å². The summed E-state index contributed by atoms with van der Waals surface area (Å²) in [6.07, 6.45) is -0.0886. The van der Waals surface area contributed by atoms with Gasteiger partial charge >= 0.3 is 12.0 Å². The van der Waals surface area contributed by atoms with Crippen molar-refractivity contribution in [2.75, 3.05) is 24.5 Å². The van der Waals surface area contributed by atoms with Gasteiger partial charge in [-0.1, -0.05) is 24.3 Å². The van der Waals surface area contributed by atoms with Crippen LogP contribution in [0.2, 0.25) is 0 Å². The van der Waals surface area contributed by atoms with Gasteiger partial charge in [-0.2, -0.15) is 0 Å². The van der Waals surface area contributed by atoms with E-state index >= 15 is 0 Å². The number of hydrogen-bond acceptors (Lipinski definition) is 6. The molecule has 1 aliphatic heterocycles. The van der Waals surface area contributed by atoms with Gasteiger partial charge in [-0.25, -0.2) is 4.79 Å². The van der Waals surface area contributed by atoms with E-state index in [2.05, 4.69) is 10.6 Å². The quantitative estimate of drug-likeness (QED) is 0.532. The van der Waals surface area contributed by atoms with E-state index in [4.69, 9.17) is 13.9 Å². The molecule has 0 fully saturated rings. The molecule has 0 atom stereocenters. The summed E-state index contributed by atoms with van der Waals surface area (Å²) in [5.41, 5.74) is 1.50. The lowest BCUT2D eigenvalue weighted by Crippen LogP contribution is -2.22. The van der Waals surface area contributed by atoms with Gasteiger partial charge in [0.25, 0.3) is 0 Å². The molecule has 142 valence electrons. The lowest BCUT2D eigenvalue weighted by molar-refractivity contribution is -0.153. The van der Waals surface area contributed by atoms with E-state index in [0.29, 0.717) is 16.8 Å². The number of hydrogen-bond donors (Lipinski definition) is 2. The summed E-state index contributed by atoms with van der Waals surface area (Å²) in [7, 11) is 1.42. The molecule has 4 rings (SSSR count). The Bertz CT molecular complexity index is 1150. The van der Waals surface area contributed by atoms with E-state index in [0.717, 1.165) is 0 Å². The van der Waals surface area contributed by atoms with Gasteiger partial charge in [0.05, 0.1) is 17.5 Å². The zero-order chi connectivity index (χ0) is 19.7. The number of para-hydroxylation sites is 2. The van der Waals surface area contributed by atoms with Crippen LogP contribution in [0.3, 0.4) is 0 Å². The molecular weight excluding hydrogens is 364 g/mol. The lowest BCUT2D eigenvalue weighted by atomic mass is 10.0.